The molecular formula is C44H30N2O2. The van der Waals surface area contributed by atoms with Gasteiger partial charge in [-0.2, -0.15) is 0 Å². The molecule has 0 spiro atoms. The van der Waals surface area contributed by atoms with Crippen LogP contribution in [-0.4, -0.2) is 20.7 Å². The van der Waals surface area contributed by atoms with Crippen LogP contribution in [0.4, 0.5) is 0 Å². The molecule has 0 saturated carbocycles. The maximum atomic E-state index is 14.7. The zero-order valence-electron chi connectivity index (χ0n) is 26.1. The summed E-state index contributed by atoms with van der Waals surface area (Å²) in [5.41, 5.74) is 8.86. The molecule has 228 valence electrons. The first-order valence-corrected chi connectivity index (χ1v) is 16.3. The minimum absolute atomic E-state index is 0.0994. The minimum Gasteiger partial charge on any atom is -0.309 e. The van der Waals surface area contributed by atoms with Crippen molar-refractivity contribution >= 4 is 50.4 Å². The normalized spacial score (nSPS) is 12.5. The van der Waals surface area contributed by atoms with Gasteiger partial charge in [0.15, 0.2) is 11.6 Å². The number of aromatic nitrogens is 2. The summed E-state index contributed by atoms with van der Waals surface area (Å²) in [6.45, 7) is 0. The highest BCUT2D eigenvalue weighted by atomic mass is 16.1. The van der Waals surface area contributed by atoms with E-state index in [0.29, 0.717) is 33.6 Å². The summed E-state index contributed by atoms with van der Waals surface area (Å²) in [4.78, 5) is 29.5. The molecule has 0 bridgehead atoms. The Morgan fingerprint density at radius 3 is 1.46 bits per heavy atom. The maximum absolute atomic E-state index is 14.7. The first-order valence-electron chi connectivity index (χ1n) is 16.3. The van der Waals surface area contributed by atoms with Crippen molar-refractivity contribution in [2.75, 3.05) is 0 Å². The Hall–Kier alpha value is -6.26. The molecule has 0 N–H and O–H groups in total. The van der Waals surface area contributed by atoms with Crippen molar-refractivity contribution in [2.24, 2.45) is 0 Å². The zero-order valence-corrected chi connectivity index (χ0v) is 26.1. The minimum atomic E-state index is -0.103. The SMILES string of the molecule is O=C(c1ccccc1)c1cc(-n2c3ccccc3c3ccccc32)c(C(=O)c2ccccc2)cc1-n1c2c(c3ccccc31)CCC=C2. The van der Waals surface area contributed by atoms with E-state index in [1.165, 1.54) is 5.56 Å². The lowest BCUT2D eigenvalue weighted by Gasteiger charge is -2.21. The third-order valence-corrected chi connectivity index (χ3v) is 9.59. The lowest BCUT2D eigenvalue weighted by atomic mass is 9.94. The van der Waals surface area contributed by atoms with Gasteiger partial charge in [0.2, 0.25) is 0 Å². The summed E-state index contributed by atoms with van der Waals surface area (Å²) < 4.78 is 4.34. The number of hydrogen-bond donors (Lipinski definition) is 0. The molecule has 6 aromatic carbocycles. The van der Waals surface area contributed by atoms with E-state index in [-0.39, 0.29) is 11.6 Å². The van der Waals surface area contributed by atoms with Crippen LogP contribution < -0.4 is 0 Å². The van der Waals surface area contributed by atoms with E-state index in [0.717, 1.165) is 51.2 Å². The molecule has 0 aliphatic heterocycles. The fourth-order valence-corrected chi connectivity index (χ4v) is 7.43. The number of para-hydroxylation sites is 3. The molecule has 0 saturated heterocycles. The first kappa shape index (κ1) is 28.0. The average Bonchev–Trinajstić information content (AvgIpc) is 3.67. The molecule has 0 radical (unpaired) electrons. The van der Waals surface area contributed by atoms with E-state index in [4.69, 9.17) is 0 Å². The highest BCUT2D eigenvalue weighted by Gasteiger charge is 2.28. The largest absolute Gasteiger partial charge is 0.309 e. The number of ketones is 2. The number of benzene rings is 6. The zero-order chi connectivity index (χ0) is 32.2. The van der Waals surface area contributed by atoms with Crippen molar-refractivity contribution in [3.8, 4) is 11.4 Å². The number of nitrogens with zero attached hydrogens (tertiary/aromatic N) is 2. The number of carbonyl (C=O) groups excluding carboxylic acids is 2. The van der Waals surface area contributed by atoms with Gasteiger partial charge in [-0.1, -0.05) is 121 Å². The number of fused-ring (bicyclic) bond motifs is 6. The number of allylic oxidation sites excluding steroid dienone is 1. The summed E-state index contributed by atoms with van der Waals surface area (Å²) >= 11 is 0. The molecule has 48 heavy (non-hydrogen) atoms. The van der Waals surface area contributed by atoms with Crippen molar-refractivity contribution in [1.29, 1.82) is 0 Å². The van der Waals surface area contributed by atoms with Gasteiger partial charge in [0.25, 0.3) is 0 Å². The van der Waals surface area contributed by atoms with E-state index in [9.17, 15) is 9.59 Å². The molecule has 0 unspecified atom stereocenters. The molecule has 1 aliphatic rings. The van der Waals surface area contributed by atoms with E-state index in [1.807, 2.05) is 103 Å². The van der Waals surface area contributed by atoms with E-state index in [1.54, 1.807) is 0 Å². The Bertz CT molecular complexity index is 2530. The molecule has 0 amide bonds. The molecule has 9 rings (SSSR count). The van der Waals surface area contributed by atoms with Crippen molar-refractivity contribution in [1.82, 2.24) is 9.13 Å². The molecule has 2 aromatic heterocycles. The highest BCUT2D eigenvalue weighted by Crippen LogP contribution is 2.39. The number of aryl methyl sites for hydroxylation is 1. The van der Waals surface area contributed by atoms with Crippen molar-refractivity contribution in [3.63, 3.8) is 0 Å². The second-order valence-corrected chi connectivity index (χ2v) is 12.3. The molecule has 2 heterocycles. The van der Waals surface area contributed by atoms with Gasteiger partial charge >= 0.3 is 0 Å². The predicted molar refractivity (Wildman–Crippen MR) is 195 cm³/mol. The van der Waals surface area contributed by atoms with Crippen molar-refractivity contribution in [3.05, 3.63) is 185 Å². The second-order valence-electron chi connectivity index (χ2n) is 12.3. The van der Waals surface area contributed by atoms with Crippen molar-refractivity contribution < 1.29 is 9.59 Å². The lowest BCUT2D eigenvalue weighted by molar-refractivity contribution is 0.102. The molecule has 4 heteroatoms. The van der Waals surface area contributed by atoms with Crippen LogP contribution in [0.1, 0.15) is 49.5 Å². The standard InChI is InChI=1S/C44H30N2O2/c47-43(29-15-3-1-4-16-29)35-27-42(46-39-25-13-9-21-33(39)34-22-10-14-26-40(34)46)36(44(48)30-17-5-2-6-18-30)28-41(35)45-37-23-11-7-19-31(37)32-20-8-12-24-38(32)45/h1-9,11-21,23-28H,10,22H2. The van der Waals surface area contributed by atoms with Gasteiger partial charge in [0.05, 0.1) is 27.9 Å². The molecule has 0 fully saturated rings. The smallest absolute Gasteiger partial charge is 0.195 e. The van der Waals surface area contributed by atoms with Gasteiger partial charge in [0, 0.05) is 44.1 Å². The molecule has 4 nitrogen and oxygen atoms in total. The van der Waals surface area contributed by atoms with Gasteiger partial charge in [-0.15, -0.1) is 0 Å². The first-order chi connectivity index (χ1) is 23.7. The maximum Gasteiger partial charge on any atom is 0.195 e. The summed E-state index contributed by atoms with van der Waals surface area (Å²) in [6, 6.07) is 47.6. The van der Waals surface area contributed by atoms with Crippen LogP contribution in [0, 0.1) is 0 Å². The van der Waals surface area contributed by atoms with Crippen LogP contribution in [0.5, 0.6) is 0 Å². The Kier molecular flexibility index (Phi) is 6.54. The molecular weight excluding hydrogens is 588 g/mol. The summed E-state index contributed by atoms with van der Waals surface area (Å²) in [7, 11) is 0. The Morgan fingerprint density at radius 1 is 0.479 bits per heavy atom. The van der Waals surface area contributed by atoms with Gasteiger partial charge in [-0.05, 0) is 54.8 Å². The summed E-state index contributed by atoms with van der Waals surface area (Å²) in [6.07, 6.45) is 6.23. The number of rotatable bonds is 6. The second kappa shape index (κ2) is 11.2. The van der Waals surface area contributed by atoms with Gasteiger partial charge in [-0.3, -0.25) is 9.59 Å². The van der Waals surface area contributed by atoms with Crippen LogP contribution in [-0.2, 0) is 6.42 Å². The Balaban J connectivity index is 1.44. The van der Waals surface area contributed by atoms with E-state index in [2.05, 4.69) is 63.8 Å². The Labute approximate surface area is 277 Å². The highest BCUT2D eigenvalue weighted by molar-refractivity contribution is 6.17. The van der Waals surface area contributed by atoms with Crippen LogP contribution in [0.3, 0.4) is 0 Å². The monoisotopic (exact) mass is 618 g/mol. The van der Waals surface area contributed by atoms with Crippen LogP contribution in [0.15, 0.2) is 152 Å². The fraction of sp³-hybridized carbons (Fsp3) is 0.0455. The number of carbonyl (C=O) groups is 2. The average molecular weight is 619 g/mol. The van der Waals surface area contributed by atoms with Crippen LogP contribution in [0.2, 0.25) is 0 Å². The number of hydrogen-bond acceptors (Lipinski definition) is 2. The lowest BCUT2D eigenvalue weighted by Crippen LogP contribution is -2.15. The third kappa shape index (κ3) is 4.30. The summed E-state index contributed by atoms with van der Waals surface area (Å²) in [5, 5.41) is 3.33. The Morgan fingerprint density at radius 2 is 0.917 bits per heavy atom. The fourth-order valence-electron chi connectivity index (χ4n) is 7.43. The topological polar surface area (TPSA) is 44.0 Å². The van der Waals surface area contributed by atoms with E-state index < -0.39 is 0 Å². The predicted octanol–water partition coefficient (Wildman–Crippen LogP) is 10.1. The van der Waals surface area contributed by atoms with Crippen LogP contribution >= 0.6 is 0 Å². The van der Waals surface area contributed by atoms with Crippen molar-refractivity contribution in [2.45, 2.75) is 12.8 Å². The van der Waals surface area contributed by atoms with E-state index >= 15 is 0 Å². The van der Waals surface area contributed by atoms with Gasteiger partial charge in [-0.25, -0.2) is 0 Å². The molecule has 0 atom stereocenters. The third-order valence-electron chi connectivity index (χ3n) is 9.59. The van der Waals surface area contributed by atoms with Gasteiger partial charge in [0.1, 0.15) is 0 Å². The summed E-state index contributed by atoms with van der Waals surface area (Å²) in [5.74, 6) is -0.203. The van der Waals surface area contributed by atoms with Gasteiger partial charge < -0.3 is 9.13 Å². The molecule has 8 aromatic rings. The quantitative estimate of drug-likeness (QED) is 0.174. The molecule has 1 aliphatic carbocycles. The van der Waals surface area contributed by atoms with Crippen LogP contribution in [0.25, 0.3) is 50.2 Å².